The molecule has 9 heteroatoms. The fourth-order valence-electron chi connectivity index (χ4n) is 1.49. The monoisotopic (exact) mass is 301 g/mol. The van der Waals surface area contributed by atoms with Crippen molar-refractivity contribution in [2.45, 2.75) is 20.0 Å². The van der Waals surface area contributed by atoms with E-state index in [-0.39, 0.29) is 24.5 Å². The Labute approximate surface area is 120 Å². The van der Waals surface area contributed by atoms with E-state index >= 15 is 0 Å². The molecule has 1 atom stereocenters. The first-order valence-electron chi connectivity index (χ1n) is 6.18. The van der Waals surface area contributed by atoms with E-state index in [4.69, 9.17) is 0 Å². The Kier molecular flexibility index (Phi) is 5.85. The number of anilines is 2. The number of ether oxygens (including phenoxy) is 1. The number of rotatable bonds is 6. The summed E-state index contributed by atoms with van der Waals surface area (Å²) in [5.41, 5.74) is -0.774. The second kappa shape index (κ2) is 7.39. The second-order valence-corrected chi connectivity index (χ2v) is 4.18. The first-order chi connectivity index (χ1) is 9.85. The van der Waals surface area contributed by atoms with Gasteiger partial charge in [-0.25, -0.2) is 9.18 Å². The summed E-state index contributed by atoms with van der Waals surface area (Å²) in [6, 6.07) is 1.76. The Bertz CT molecular complexity index is 536. The van der Waals surface area contributed by atoms with Crippen LogP contribution in [0.15, 0.2) is 12.1 Å². The molecule has 1 rings (SSSR count). The summed E-state index contributed by atoms with van der Waals surface area (Å²) in [5.74, 6) is -0.961. The van der Waals surface area contributed by atoms with Crippen LogP contribution in [-0.4, -0.2) is 35.4 Å². The highest BCUT2D eigenvalue weighted by molar-refractivity contribution is 5.86. The summed E-state index contributed by atoms with van der Waals surface area (Å²) in [6.07, 6.45) is -1.62. The maximum absolute atomic E-state index is 13.7. The topological polar surface area (TPSA) is 114 Å². The normalized spacial score (nSPS) is 11.6. The summed E-state index contributed by atoms with van der Waals surface area (Å²) >= 11 is 0. The standard InChI is InChI=1S/C12H16FN3O5/c1-3-21-12(18)15-9-5-10(14-6-7(2)17)11(16(19)20)4-8(9)13/h4-5,7,14,17H,3,6H2,1-2H3,(H,15,18). The number of aliphatic hydroxyl groups excluding tert-OH is 1. The fraction of sp³-hybridized carbons (Fsp3) is 0.417. The Balaban J connectivity index is 3.07. The van der Waals surface area contributed by atoms with Crippen molar-refractivity contribution in [3.05, 3.63) is 28.1 Å². The Hall–Kier alpha value is -2.42. The predicted molar refractivity (Wildman–Crippen MR) is 73.9 cm³/mol. The number of hydrogen-bond donors (Lipinski definition) is 3. The third kappa shape index (κ3) is 4.88. The molecule has 1 aromatic rings. The number of amides is 1. The van der Waals surface area contributed by atoms with E-state index in [2.05, 4.69) is 15.4 Å². The van der Waals surface area contributed by atoms with E-state index in [1.54, 1.807) is 6.92 Å². The van der Waals surface area contributed by atoms with Crippen molar-refractivity contribution >= 4 is 23.2 Å². The van der Waals surface area contributed by atoms with Gasteiger partial charge in [0.15, 0.2) is 5.82 Å². The van der Waals surface area contributed by atoms with E-state index in [9.17, 15) is 24.4 Å². The number of nitro benzene ring substituents is 1. The quantitative estimate of drug-likeness (QED) is 0.547. The predicted octanol–water partition coefficient (Wildman–Crippen LogP) is 2.09. The number of benzene rings is 1. The molecule has 116 valence electrons. The lowest BCUT2D eigenvalue weighted by atomic mass is 10.2. The van der Waals surface area contributed by atoms with Gasteiger partial charge in [0, 0.05) is 6.54 Å². The maximum Gasteiger partial charge on any atom is 0.411 e. The molecule has 1 amide bonds. The summed E-state index contributed by atoms with van der Waals surface area (Å²) in [6.45, 7) is 3.21. The van der Waals surface area contributed by atoms with E-state index in [0.717, 1.165) is 6.07 Å². The second-order valence-electron chi connectivity index (χ2n) is 4.18. The van der Waals surface area contributed by atoms with Gasteiger partial charge in [-0.05, 0) is 19.9 Å². The number of halogens is 1. The van der Waals surface area contributed by atoms with Gasteiger partial charge >= 0.3 is 6.09 Å². The summed E-state index contributed by atoms with van der Waals surface area (Å²) < 4.78 is 18.3. The minimum Gasteiger partial charge on any atom is -0.450 e. The lowest BCUT2D eigenvalue weighted by molar-refractivity contribution is -0.384. The van der Waals surface area contributed by atoms with Gasteiger partial charge in [-0.15, -0.1) is 0 Å². The van der Waals surface area contributed by atoms with Crippen molar-refractivity contribution < 1.29 is 24.0 Å². The lowest BCUT2D eigenvalue weighted by Gasteiger charge is -2.12. The molecule has 8 nitrogen and oxygen atoms in total. The van der Waals surface area contributed by atoms with E-state index < -0.39 is 28.6 Å². The molecule has 0 fully saturated rings. The highest BCUT2D eigenvalue weighted by atomic mass is 19.1. The Morgan fingerprint density at radius 3 is 2.71 bits per heavy atom. The third-order valence-corrected chi connectivity index (χ3v) is 2.38. The van der Waals surface area contributed by atoms with Gasteiger partial charge in [0.2, 0.25) is 0 Å². The molecule has 0 spiro atoms. The molecule has 0 aliphatic carbocycles. The molecule has 0 saturated heterocycles. The van der Waals surface area contributed by atoms with Gasteiger partial charge in [-0.1, -0.05) is 0 Å². The highest BCUT2D eigenvalue weighted by Crippen LogP contribution is 2.30. The van der Waals surface area contributed by atoms with Crippen LogP contribution >= 0.6 is 0 Å². The van der Waals surface area contributed by atoms with Crippen molar-refractivity contribution in [2.75, 3.05) is 23.8 Å². The molecule has 0 saturated carbocycles. The zero-order chi connectivity index (χ0) is 16.0. The van der Waals surface area contributed by atoms with Crippen molar-refractivity contribution in [3.63, 3.8) is 0 Å². The number of hydrogen-bond acceptors (Lipinski definition) is 6. The summed E-state index contributed by atoms with van der Waals surface area (Å²) in [5, 5.41) is 24.8. The third-order valence-electron chi connectivity index (χ3n) is 2.38. The van der Waals surface area contributed by atoms with Gasteiger partial charge in [-0.2, -0.15) is 0 Å². The maximum atomic E-state index is 13.7. The van der Waals surface area contributed by atoms with Crippen LogP contribution in [0.2, 0.25) is 0 Å². The molecular weight excluding hydrogens is 285 g/mol. The van der Waals surface area contributed by atoms with Crippen LogP contribution in [0.3, 0.4) is 0 Å². The molecule has 0 bridgehead atoms. The van der Waals surface area contributed by atoms with Crippen LogP contribution in [0.5, 0.6) is 0 Å². The van der Waals surface area contributed by atoms with E-state index in [1.165, 1.54) is 6.92 Å². The first-order valence-corrected chi connectivity index (χ1v) is 6.18. The molecule has 21 heavy (non-hydrogen) atoms. The number of aliphatic hydroxyl groups is 1. The molecule has 1 aromatic carbocycles. The summed E-state index contributed by atoms with van der Waals surface area (Å²) in [4.78, 5) is 21.4. The minimum absolute atomic E-state index is 0.0194. The van der Waals surface area contributed by atoms with Gasteiger partial charge < -0.3 is 15.2 Å². The van der Waals surface area contributed by atoms with Crippen LogP contribution in [0.4, 0.5) is 26.2 Å². The number of carbonyl (C=O) groups excluding carboxylic acids is 1. The van der Waals surface area contributed by atoms with Crippen LogP contribution in [0.25, 0.3) is 0 Å². The minimum atomic E-state index is -0.961. The van der Waals surface area contributed by atoms with Gasteiger partial charge in [0.05, 0.1) is 29.4 Å². The van der Waals surface area contributed by atoms with Crippen molar-refractivity contribution in [1.29, 1.82) is 0 Å². The largest absolute Gasteiger partial charge is 0.450 e. The summed E-state index contributed by atoms with van der Waals surface area (Å²) in [7, 11) is 0. The van der Waals surface area contributed by atoms with E-state index in [0.29, 0.717) is 6.07 Å². The van der Waals surface area contributed by atoms with Gasteiger partial charge in [0.1, 0.15) is 5.69 Å². The average Bonchev–Trinajstić information content (AvgIpc) is 2.38. The number of nitro groups is 1. The van der Waals surface area contributed by atoms with Crippen molar-refractivity contribution in [2.24, 2.45) is 0 Å². The van der Waals surface area contributed by atoms with Crippen LogP contribution in [0, 0.1) is 15.9 Å². The van der Waals surface area contributed by atoms with Gasteiger partial charge in [0.25, 0.3) is 5.69 Å². The number of carbonyl (C=O) groups is 1. The van der Waals surface area contributed by atoms with E-state index in [1.807, 2.05) is 0 Å². The Morgan fingerprint density at radius 1 is 1.52 bits per heavy atom. The van der Waals surface area contributed by atoms with Crippen LogP contribution in [-0.2, 0) is 4.74 Å². The average molecular weight is 301 g/mol. The highest BCUT2D eigenvalue weighted by Gasteiger charge is 2.20. The molecular formula is C12H16FN3O5. The van der Waals surface area contributed by atoms with Crippen molar-refractivity contribution in [3.8, 4) is 0 Å². The molecule has 3 N–H and O–H groups in total. The SMILES string of the molecule is CCOC(=O)Nc1cc(NCC(C)O)c([N+](=O)[O-])cc1F. The fourth-order valence-corrected chi connectivity index (χ4v) is 1.49. The number of nitrogens with zero attached hydrogens (tertiary/aromatic N) is 1. The lowest BCUT2D eigenvalue weighted by Crippen LogP contribution is -2.18. The van der Waals surface area contributed by atoms with Gasteiger partial charge in [-0.3, -0.25) is 15.4 Å². The first kappa shape index (κ1) is 16.6. The molecule has 0 aromatic heterocycles. The number of nitrogens with one attached hydrogen (secondary N) is 2. The zero-order valence-corrected chi connectivity index (χ0v) is 11.6. The Morgan fingerprint density at radius 2 is 2.19 bits per heavy atom. The molecule has 1 unspecified atom stereocenters. The van der Waals surface area contributed by atoms with Crippen LogP contribution in [0.1, 0.15) is 13.8 Å². The van der Waals surface area contributed by atoms with Crippen LogP contribution < -0.4 is 10.6 Å². The van der Waals surface area contributed by atoms with Crippen molar-refractivity contribution in [1.82, 2.24) is 0 Å². The molecule has 0 heterocycles. The zero-order valence-electron chi connectivity index (χ0n) is 11.6. The smallest absolute Gasteiger partial charge is 0.411 e. The molecule has 0 aliphatic heterocycles. The molecule has 0 radical (unpaired) electrons. The molecule has 0 aliphatic rings.